The van der Waals surface area contributed by atoms with Gasteiger partial charge in [-0.1, -0.05) is 17.7 Å². The molecule has 0 radical (unpaired) electrons. The predicted octanol–water partition coefficient (Wildman–Crippen LogP) is 3.37. The molecule has 1 atom stereocenters. The average molecular weight is 398 g/mol. The molecule has 2 aliphatic rings. The number of anilines is 1. The van der Waals surface area contributed by atoms with Crippen LogP contribution >= 0.6 is 11.6 Å². The van der Waals surface area contributed by atoms with Crippen LogP contribution in [0.1, 0.15) is 19.3 Å². The SMILES string of the molecule is O=C(C(=O)N1CC[C@H](Nc2ccc3cc(O)ccc3n2)C1)C1=CC=C(Cl)CC1. The molecule has 2 heterocycles. The average Bonchev–Trinajstić information content (AvgIpc) is 3.16. The topological polar surface area (TPSA) is 82.5 Å². The summed E-state index contributed by atoms with van der Waals surface area (Å²) in [6, 6.07) is 8.80. The van der Waals surface area contributed by atoms with Gasteiger partial charge < -0.3 is 15.3 Å². The number of phenols is 1. The first kappa shape index (κ1) is 18.5. The number of rotatable bonds is 4. The summed E-state index contributed by atoms with van der Waals surface area (Å²) >= 11 is 5.92. The number of phenolic OH excluding ortho intramolecular Hbond substituents is 1. The molecule has 0 saturated carbocycles. The summed E-state index contributed by atoms with van der Waals surface area (Å²) in [7, 11) is 0. The molecule has 28 heavy (non-hydrogen) atoms. The second-order valence-electron chi connectivity index (χ2n) is 7.09. The second kappa shape index (κ2) is 7.64. The molecule has 2 aromatic rings. The van der Waals surface area contributed by atoms with Crippen LogP contribution in [0.4, 0.5) is 5.82 Å². The Kier molecular flexibility index (Phi) is 5.05. The quantitative estimate of drug-likeness (QED) is 0.773. The Balaban J connectivity index is 1.39. The number of ketones is 1. The minimum atomic E-state index is -0.455. The molecule has 1 aromatic carbocycles. The molecule has 1 amide bonds. The third kappa shape index (κ3) is 3.87. The van der Waals surface area contributed by atoms with Crippen LogP contribution in [-0.4, -0.2) is 45.8 Å². The maximum absolute atomic E-state index is 12.5. The van der Waals surface area contributed by atoms with E-state index in [2.05, 4.69) is 10.3 Å². The summed E-state index contributed by atoms with van der Waals surface area (Å²) in [6.07, 6.45) is 5.19. The number of aromatic hydroxyl groups is 1. The number of hydrogen-bond acceptors (Lipinski definition) is 5. The fourth-order valence-corrected chi connectivity index (χ4v) is 3.70. The maximum atomic E-state index is 12.5. The molecule has 0 unspecified atom stereocenters. The number of pyridine rings is 1. The Morgan fingerprint density at radius 3 is 2.82 bits per heavy atom. The van der Waals surface area contributed by atoms with Crippen molar-refractivity contribution < 1.29 is 14.7 Å². The predicted molar refractivity (Wildman–Crippen MR) is 108 cm³/mol. The van der Waals surface area contributed by atoms with E-state index in [0.29, 0.717) is 42.4 Å². The number of benzene rings is 1. The van der Waals surface area contributed by atoms with Gasteiger partial charge in [-0.05, 0) is 55.7 Å². The molecule has 6 nitrogen and oxygen atoms in total. The highest BCUT2D eigenvalue weighted by molar-refractivity contribution is 6.42. The second-order valence-corrected chi connectivity index (χ2v) is 7.57. The van der Waals surface area contributed by atoms with E-state index in [0.717, 1.165) is 17.3 Å². The first-order chi connectivity index (χ1) is 13.5. The van der Waals surface area contributed by atoms with Crippen LogP contribution in [0.5, 0.6) is 5.75 Å². The van der Waals surface area contributed by atoms with Crippen molar-refractivity contribution >= 4 is 40.0 Å². The van der Waals surface area contributed by atoms with Crippen molar-refractivity contribution in [1.29, 1.82) is 0 Å². The smallest absolute Gasteiger partial charge is 0.294 e. The molecular weight excluding hydrogens is 378 g/mol. The lowest BCUT2D eigenvalue weighted by Crippen LogP contribution is -2.37. The lowest BCUT2D eigenvalue weighted by Gasteiger charge is -2.18. The number of nitrogens with zero attached hydrogens (tertiary/aromatic N) is 2. The Hall–Kier alpha value is -2.86. The van der Waals surface area contributed by atoms with Crippen LogP contribution in [0.3, 0.4) is 0 Å². The van der Waals surface area contributed by atoms with Crippen molar-refractivity contribution in [3.05, 3.63) is 53.1 Å². The zero-order valence-corrected chi connectivity index (χ0v) is 15.9. The normalized spacial score (nSPS) is 19.3. The van der Waals surface area contributed by atoms with Gasteiger partial charge in [-0.2, -0.15) is 0 Å². The molecule has 1 aromatic heterocycles. The molecule has 1 fully saturated rings. The minimum absolute atomic E-state index is 0.0356. The zero-order valence-electron chi connectivity index (χ0n) is 15.2. The standard InChI is InChI=1S/C21H20ClN3O3/c22-15-4-1-13(2-5-15)20(27)21(28)25-10-9-16(12-25)23-19-8-3-14-11-17(26)6-7-18(14)24-19/h1,3-4,6-8,11,16,26H,2,5,9-10,12H2,(H,23,24)/t16-/m0/s1. The third-order valence-corrected chi connectivity index (χ3v) is 5.40. The van der Waals surface area contributed by atoms with Crippen molar-refractivity contribution in [3.63, 3.8) is 0 Å². The largest absolute Gasteiger partial charge is 0.508 e. The summed E-state index contributed by atoms with van der Waals surface area (Å²) in [6.45, 7) is 0.997. The van der Waals surface area contributed by atoms with E-state index in [1.165, 1.54) is 0 Å². The van der Waals surface area contributed by atoms with Crippen molar-refractivity contribution in [2.45, 2.75) is 25.3 Å². The van der Waals surface area contributed by atoms with Crippen molar-refractivity contribution in [1.82, 2.24) is 9.88 Å². The maximum Gasteiger partial charge on any atom is 0.294 e. The summed E-state index contributed by atoms with van der Waals surface area (Å²) in [4.78, 5) is 31.1. The third-order valence-electron chi connectivity index (χ3n) is 5.08. The van der Waals surface area contributed by atoms with Gasteiger partial charge in [0.1, 0.15) is 11.6 Å². The number of allylic oxidation sites excluding steroid dienone is 3. The summed E-state index contributed by atoms with van der Waals surface area (Å²) in [5, 5.41) is 14.4. The molecule has 0 bridgehead atoms. The van der Waals surface area contributed by atoms with E-state index >= 15 is 0 Å². The first-order valence-corrected chi connectivity index (χ1v) is 9.62. The first-order valence-electron chi connectivity index (χ1n) is 9.25. The fourth-order valence-electron chi connectivity index (χ4n) is 3.55. The molecular formula is C21H20ClN3O3. The summed E-state index contributed by atoms with van der Waals surface area (Å²) in [5.41, 5.74) is 1.30. The Bertz CT molecular complexity index is 1020. The van der Waals surface area contributed by atoms with Crippen molar-refractivity contribution in [2.24, 2.45) is 0 Å². The van der Waals surface area contributed by atoms with Gasteiger partial charge in [-0.15, -0.1) is 0 Å². The molecule has 4 rings (SSSR count). The molecule has 0 spiro atoms. The van der Waals surface area contributed by atoms with E-state index in [-0.39, 0.29) is 11.8 Å². The highest BCUT2D eigenvalue weighted by Crippen LogP contribution is 2.24. The molecule has 7 heteroatoms. The molecule has 144 valence electrons. The molecule has 1 aliphatic carbocycles. The number of likely N-dealkylation sites (tertiary alicyclic amines) is 1. The van der Waals surface area contributed by atoms with Gasteiger partial charge in [0.05, 0.1) is 5.52 Å². The van der Waals surface area contributed by atoms with E-state index < -0.39 is 11.7 Å². The number of fused-ring (bicyclic) bond motifs is 1. The Morgan fingerprint density at radius 1 is 1.18 bits per heavy atom. The molecule has 1 saturated heterocycles. The van der Waals surface area contributed by atoms with E-state index in [9.17, 15) is 14.7 Å². The van der Waals surface area contributed by atoms with Crippen molar-refractivity contribution in [2.75, 3.05) is 18.4 Å². The summed E-state index contributed by atoms with van der Waals surface area (Å²) in [5.74, 6) is 0.0164. The Labute approximate surface area is 167 Å². The summed E-state index contributed by atoms with van der Waals surface area (Å²) < 4.78 is 0. The van der Waals surface area contributed by atoms with Crippen LogP contribution in [0.25, 0.3) is 10.9 Å². The van der Waals surface area contributed by atoms with E-state index in [1.807, 2.05) is 12.1 Å². The minimum Gasteiger partial charge on any atom is -0.508 e. The van der Waals surface area contributed by atoms with Crippen LogP contribution in [0.2, 0.25) is 0 Å². The van der Waals surface area contributed by atoms with Gasteiger partial charge >= 0.3 is 0 Å². The highest BCUT2D eigenvalue weighted by atomic mass is 35.5. The van der Waals surface area contributed by atoms with Gasteiger partial charge in [-0.25, -0.2) is 4.98 Å². The van der Waals surface area contributed by atoms with Crippen molar-refractivity contribution in [3.8, 4) is 5.75 Å². The monoisotopic (exact) mass is 397 g/mol. The Morgan fingerprint density at radius 2 is 2.04 bits per heavy atom. The number of carbonyl (C=O) groups excluding carboxylic acids is 2. The number of carbonyl (C=O) groups is 2. The van der Waals surface area contributed by atoms with Crippen LogP contribution in [-0.2, 0) is 9.59 Å². The highest BCUT2D eigenvalue weighted by Gasteiger charge is 2.31. The van der Waals surface area contributed by atoms with Gasteiger partial charge in [0.15, 0.2) is 0 Å². The number of amides is 1. The van der Waals surface area contributed by atoms with Crippen LogP contribution in [0.15, 0.2) is 53.1 Å². The fraction of sp³-hybridized carbons (Fsp3) is 0.286. The number of aromatic nitrogens is 1. The van der Waals surface area contributed by atoms with Gasteiger partial charge in [0.2, 0.25) is 5.78 Å². The number of Topliss-reactive ketones (excluding diaryl/α,β-unsaturated/α-hetero) is 1. The van der Waals surface area contributed by atoms with E-state index in [1.54, 1.807) is 35.3 Å². The molecule has 1 aliphatic heterocycles. The number of halogens is 1. The number of nitrogens with one attached hydrogen (secondary N) is 1. The van der Waals surface area contributed by atoms with Gasteiger partial charge in [-0.3, -0.25) is 9.59 Å². The zero-order chi connectivity index (χ0) is 19.7. The van der Waals surface area contributed by atoms with Gasteiger partial charge in [0.25, 0.3) is 5.91 Å². The molecule has 2 N–H and O–H groups in total. The van der Waals surface area contributed by atoms with Crippen LogP contribution < -0.4 is 5.32 Å². The van der Waals surface area contributed by atoms with Crippen LogP contribution in [0, 0.1) is 0 Å². The van der Waals surface area contributed by atoms with E-state index in [4.69, 9.17) is 11.6 Å². The lowest BCUT2D eigenvalue weighted by molar-refractivity contribution is -0.142. The lowest BCUT2D eigenvalue weighted by atomic mass is 10.0. The van der Waals surface area contributed by atoms with Gasteiger partial charge in [0, 0.05) is 35.1 Å². The number of hydrogen-bond donors (Lipinski definition) is 2.